The lowest BCUT2D eigenvalue weighted by atomic mass is 9.78. The van der Waals surface area contributed by atoms with Gasteiger partial charge in [-0.15, -0.1) is 0 Å². The van der Waals surface area contributed by atoms with Crippen LogP contribution in [-0.2, 0) is 17.3 Å². The molecule has 3 aromatic carbocycles. The zero-order valence-corrected chi connectivity index (χ0v) is 21.9. The van der Waals surface area contributed by atoms with Gasteiger partial charge in [-0.1, -0.05) is 62.6 Å². The molecular formula is C29H29ClN2O3S. The van der Waals surface area contributed by atoms with Gasteiger partial charge in [-0.05, 0) is 66.3 Å². The normalized spacial score (nSPS) is 23.4. The van der Waals surface area contributed by atoms with Crippen LogP contribution >= 0.6 is 11.6 Å². The van der Waals surface area contributed by atoms with Gasteiger partial charge in [0.25, 0.3) is 11.8 Å². The van der Waals surface area contributed by atoms with Crippen molar-refractivity contribution in [1.82, 2.24) is 5.32 Å². The van der Waals surface area contributed by atoms with Gasteiger partial charge in [0.1, 0.15) is 0 Å². The molecule has 0 radical (unpaired) electrons. The van der Waals surface area contributed by atoms with E-state index in [1.54, 1.807) is 53.4 Å². The summed E-state index contributed by atoms with van der Waals surface area (Å²) >= 11 is 6.21. The van der Waals surface area contributed by atoms with Crippen molar-refractivity contribution in [3.63, 3.8) is 0 Å². The summed E-state index contributed by atoms with van der Waals surface area (Å²) in [4.78, 5) is 29.7. The molecule has 1 aliphatic carbocycles. The lowest BCUT2D eigenvalue weighted by molar-refractivity contribution is 0.0889. The highest BCUT2D eigenvalue weighted by Crippen LogP contribution is 2.36. The second-order valence-electron chi connectivity index (χ2n) is 9.82. The molecule has 186 valence electrons. The first-order valence-electron chi connectivity index (χ1n) is 12.4. The molecule has 0 aromatic heterocycles. The standard InChI is InChI=1S/C29H29ClN2O3S/c1-18-7-5-11-24(19(18)2)31-28(33)21-13-14-27-25(16-21)32(17-20-8-6-9-22(30)15-20)29(34)23-10-3-4-12-26(23)36(27)35/h3-4,6,8-10,12-16,18-19,24H,5,7,11,17H2,1-2H3,(H,31,33)/t18-,19-,24+,36+/m1/s1. The summed E-state index contributed by atoms with van der Waals surface area (Å²) in [5, 5.41) is 3.79. The molecule has 5 rings (SSSR count). The highest BCUT2D eigenvalue weighted by atomic mass is 35.5. The molecule has 0 bridgehead atoms. The number of hydrogen-bond donors (Lipinski definition) is 1. The van der Waals surface area contributed by atoms with E-state index in [1.165, 1.54) is 6.42 Å². The molecule has 4 atom stereocenters. The van der Waals surface area contributed by atoms with Crippen LogP contribution in [0, 0.1) is 11.8 Å². The number of halogens is 1. The van der Waals surface area contributed by atoms with Gasteiger partial charge < -0.3 is 10.2 Å². The molecule has 5 nitrogen and oxygen atoms in total. The van der Waals surface area contributed by atoms with Gasteiger partial charge in [-0.3, -0.25) is 9.59 Å². The molecule has 2 amide bonds. The lowest BCUT2D eigenvalue weighted by Gasteiger charge is -2.34. The average Bonchev–Trinajstić information content (AvgIpc) is 2.96. The summed E-state index contributed by atoms with van der Waals surface area (Å²) in [6.45, 7) is 4.66. The Balaban J connectivity index is 1.55. The molecule has 1 aliphatic heterocycles. The van der Waals surface area contributed by atoms with Gasteiger partial charge in [-0.2, -0.15) is 0 Å². The van der Waals surface area contributed by atoms with E-state index in [1.807, 2.05) is 18.2 Å². The Morgan fingerprint density at radius 3 is 2.64 bits per heavy atom. The van der Waals surface area contributed by atoms with Crippen molar-refractivity contribution in [2.75, 3.05) is 4.90 Å². The molecular weight excluding hydrogens is 492 g/mol. The van der Waals surface area contributed by atoms with Gasteiger partial charge in [0.05, 0.1) is 38.4 Å². The maximum absolute atomic E-state index is 13.8. The number of nitrogens with zero attached hydrogens (tertiary/aromatic N) is 1. The van der Waals surface area contributed by atoms with Crippen LogP contribution in [0.3, 0.4) is 0 Å². The van der Waals surface area contributed by atoms with Crippen molar-refractivity contribution in [2.45, 2.75) is 55.5 Å². The number of carbonyl (C=O) groups excluding carboxylic acids is 2. The smallest absolute Gasteiger partial charge is 0.259 e. The summed E-state index contributed by atoms with van der Waals surface area (Å²) < 4.78 is 13.6. The molecule has 1 heterocycles. The fourth-order valence-electron chi connectivity index (χ4n) is 5.22. The second-order valence-corrected chi connectivity index (χ2v) is 11.7. The van der Waals surface area contributed by atoms with Crippen LogP contribution in [0.25, 0.3) is 0 Å². The third-order valence-corrected chi connectivity index (χ3v) is 9.26. The topological polar surface area (TPSA) is 66.5 Å². The van der Waals surface area contributed by atoms with Gasteiger partial charge in [-0.25, -0.2) is 4.21 Å². The van der Waals surface area contributed by atoms with Crippen LogP contribution < -0.4 is 10.2 Å². The van der Waals surface area contributed by atoms with E-state index < -0.39 is 10.8 Å². The summed E-state index contributed by atoms with van der Waals surface area (Å²) in [5.74, 6) is 0.519. The van der Waals surface area contributed by atoms with E-state index in [0.29, 0.717) is 43.5 Å². The number of amides is 2. The third-order valence-electron chi connectivity index (χ3n) is 7.53. The Morgan fingerprint density at radius 2 is 1.83 bits per heavy atom. The van der Waals surface area contributed by atoms with Crippen molar-refractivity contribution in [1.29, 1.82) is 0 Å². The average molecular weight is 521 g/mol. The van der Waals surface area contributed by atoms with Crippen molar-refractivity contribution in [2.24, 2.45) is 11.8 Å². The van der Waals surface area contributed by atoms with Gasteiger partial charge in [0, 0.05) is 16.6 Å². The van der Waals surface area contributed by atoms with E-state index >= 15 is 0 Å². The second kappa shape index (κ2) is 10.2. The number of anilines is 1. The molecule has 7 heteroatoms. The number of carbonyl (C=O) groups is 2. The summed E-state index contributed by atoms with van der Waals surface area (Å²) in [5.41, 5.74) is 2.16. The van der Waals surface area contributed by atoms with Crippen molar-refractivity contribution in [3.05, 3.63) is 88.4 Å². The Kier molecular flexibility index (Phi) is 7.00. The number of nitrogens with one attached hydrogen (secondary N) is 1. The van der Waals surface area contributed by atoms with Gasteiger partial charge >= 0.3 is 0 Å². The minimum absolute atomic E-state index is 0.114. The zero-order chi connectivity index (χ0) is 25.4. The fraction of sp³-hybridized carbons (Fsp3) is 0.310. The summed E-state index contributed by atoms with van der Waals surface area (Å²) in [6.07, 6.45) is 3.24. The highest BCUT2D eigenvalue weighted by Gasteiger charge is 2.33. The summed E-state index contributed by atoms with van der Waals surface area (Å²) in [6, 6.07) is 19.5. The zero-order valence-electron chi connectivity index (χ0n) is 20.4. The first-order chi connectivity index (χ1) is 17.3. The Bertz CT molecular complexity index is 1360. The van der Waals surface area contributed by atoms with Gasteiger partial charge in [0.15, 0.2) is 0 Å². The molecule has 0 spiro atoms. The van der Waals surface area contributed by atoms with Crippen molar-refractivity contribution < 1.29 is 13.8 Å². The van der Waals surface area contributed by atoms with Crippen LogP contribution in [-0.4, -0.2) is 22.1 Å². The molecule has 1 fully saturated rings. The molecule has 2 aliphatic rings. The first kappa shape index (κ1) is 24.7. The molecule has 1 saturated carbocycles. The fourth-order valence-corrected chi connectivity index (χ4v) is 6.77. The van der Waals surface area contributed by atoms with E-state index in [2.05, 4.69) is 19.2 Å². The van der Waals surface area contributed by atoms with Crippen LogP contribution in [0.2, 0.25) is 5.02 Å². The molecule has 0 unspecified atom stereocenters. The van der Waals surface area contributed by atoms with Crippen LogP contribution in [0.5, 0.6) is 0 Å². The van der Waals surface area contributed by atoms with Crippen LogP contribution in [0.4, 0.5) is 5.69 Å². The molecule has 3 aromatic rings. The number of benzene rings is 3. The van der Waals surface area contributed by atoms with Crippen molar-refractivity contribution >= 4 is 39.9 Å². The quantitative estimate of drug-likeness (QED) is 0.444. The lowest BCUT2D eigenvalue weighted by Crippen LogP contribution is -2.43. The van der Waals surface area contributed by atoms with Crippen molar-refractivity contribution in [3.8, 4) is 0 Å². The van der Waals surface area contributed by atoms with E-state index in [-0.39, 0.29) is 24.4 Å². The number of rotatable bonds is 4. The SMILES string of the molecule is C[C@@H]1[C@H](C)CCC[C@@H]1NC(=O)c1ccc2c(c1)N(Cc1cccc(Cl)c1)C(=O)c1ccccc1[S@@]2=O. The predicted octanol–water partition coefficient (Wildman–Crippen LogP) is 6.22. The first-order valence-corrected chi connectivity index (χ1v) is 13.9. The van der Waals surface area contributed by atoms with E-state index in [4.69, 9.17) is 11.6 Å². The van der Waals surface area contributed by atoms with Crippen LogP contribution in [0.15, 0.2) is 76.5 Å². The highest BCUT2D eigenvalue weighted by molar-refractivity contribution is 7.85. The number of hydrogen-bond acceptors (Lipinski definition) is 3. The maximum atomic E-state index is 13.8. The minimum Gasteiger partial charge on any atom is -0.349 e. The minimum atomic E-state index is -1.57. The Morgan fingerprint density at radius 1 is 1.03 bits per heavy atom. The molecule has 1 N–H and O–H groups in total. The molecule has 0 saturated heterocycles. The van der Waals surface area contributed by atoms with E-state index in [0.717, 1.165) is 18.4 Å². The predicted molar refractivity (Wildman–Crippen MR) is 143 cm³/mol. The Labute approximate surface area is 219 Å². The Hall–Kier alpha value is -2.96. The maximum Gasteiger partial charge on any atom is 0.259 e. The monoisotopic (exact) mass is 520 g/mol. The third kappa shape index (κ3) is 4.72. The summed E-state index contributed by atoms with van der Waals surface area (Å²) in [7, 11) is -1.57. The van der Waals surface area contributed by atoms with Crippen LogP contribution in [0.1, 0.15) is 59.4 Å². The largest absolute Gasteiger partial charge is 0.349 e. The van der Waals surface area contributed by atoms with Gasteiger partial charge in [0.2, 0.25) is 0 Å². The number of fused-ring (bicyclic) bond motifs is 2. The van der Waals surface area contributed by atoms with E-state index in [9.17, 15) is 13.8 Å². The molecule has 36 heavy (non-hydrogen) atoms.